The molecule has 104 valence electrons. The van der Waals surface area contributed by atoms with Crippen molar-refractivity contribution in [3.05, 3.63) is 59.5 Å². The molecule has 2 heterocycles. The maximum Gasteiger partial charge on any atom is 0.129 e. The third-order valence-electron chi connectivity index (χ3n) is 3.52. The number of aryl methyl sites for hydroxylation is 1. The predicted octanol–water partition coefficient (Wildman–Crippen LogP) is 3.11. The molecule has 0 saturated carbocycles. The Morgan fingerprint density at radius 3 is 2.85 bits per heavy atom. The first-order valence-electron chi connectivity index (χ1n) is 6.78. The number of hydrogen-bond acceptors (Lipinski definition) is 3. The highest BCUT2D eigenvalue weighted by atomic mass is 19.1. The lowest BCUT2D eigenvalue weighted by molar-refractivity contribution is 0.0372. The van der Waals surface area contributed by atoms with Crippen molar-refractivity contribution in [3.63, 3.8) is 0 Å². The second kappa shape index (κ2) is 5.59. The van der Waals surface area contributed by atoms with Gasteiger partial charge >= 0.3 is 0 Å². The lowest BCUT2D eigenvalue weighted by atomic mass is 10.1. The van der Waals surface area contributed by atoms with Gasteiger partial charge in [0.1, 0.15) is 17.7 Å². The lowest BCUT2D eigenvalue weighted by Crippen LogP contribution is -2.39. The Labute approximate surface area is 118 Å². The van der Waals surface area contributed by atoms with Crippen LogP contribution in [0.25, 0.3) is 0 Å². The Balaban J connectivity index is 1.82. The van der Waals surface area contributed by atoms with Crippen LogP contribution in [0.5, 0.6) is 0 Å². The highest BCUT2D eigenvalue weighted by Crippen LogP contribution is 2.26. The quantitative estimate of drug-likeness (QED) is 0.840. The zero-order valence-electron chi connectivity index (χ0n) is 11.4. The summed E-state index contributed by atoms with van der Waals surface area (Å²) in [6, 6.07) is 12.7. The molecular weight excluding hydrogens is 255 g/mol. The Morgan fingerprint density at radius 2 is 2.05 bits per heavy atom. The molecule has 0 N–H and O–H groups in total. The summed E-state index contributed by atoms with van der Waals surface area (Å²) in [5.74, 6) is 0.714. The van der Waals surface area contributed by atoms with Crippen molar-refractivity contribution in [1.29, 1.82) is 0 Å². The predicted molar refractivity (Wildman–Crippen MR) is 76.3 cm³/mol. The van der Waals surface area contributed by atoms with E-state index in [1.165, 1.54) is 6.07 Å². The third kappa shape index (κ3) is 2.65. The Bertz CT molecular complexity index is 603. The van der Waals surface area contributed by atoms with Gasteiger partial charge in [-0.1, -0.05) is 24.3 Å². The minimum absolute atomic E-state index is 0.212. The summed E-state index contributed by atoms with van der Waals surface area (Å²) in [5.41, 5.74) is 1.60. The fraction of sp³-hybridized carbons (Fsp3) is 0.312. The van der Waals surface area contributed by atoms with Gasteiger partial charge in [0, 0.05) is 24.3 Å². The molecule has 1 atom stereocenters. The van der Waals surface area contributed by atoms with Crippen molar-refractivity contribution in [2.75, 3.05) is 24.6 Å². The van der Waals surface area contributed by atoms with E-state index in [1.807, 2.05) is 31.2 Å². The number of halogens is 1. The summed E-state index contributed by atoms with van der Waals surface area (Å²) < 4.78 is 19.6. The molecule has 4 heteroatoms. The van der Waals surface area contributed by atoms with Crippen molar-refractivity contribution in [2.45, 2.75) is 13.0 Å². The highest BCUT2D eigenvalue weighted by molar-refractivity contribution is 5.40. The van der Waals surface area contributed by atoms with Crippen LogP contribution < -0.4 is 4.90 Å². The van der Waals surface area contributed by atoms with Gasteiger partial charge in [-0.3, -0.25) is 0 Å². The first-order chi connectivity index (χ1) is 9.74. The fourth-order valence-corrected chi connectivity index (χ4v) is 2.49. The molecule has 0 amide bonds. The minimum atomic E-state index is -0.243. The zero-order chi connectivity index (χ0) is 13.9. The number of aromatic nitrogens is 1. The first kappa shape index (κ1) is 13.1. The molecule has 1 aliphatic rings. The molecule has 2 aromatic rings. The topological polar surface area (TPSA) is 25.4 Å². The van der Waals surface area contributed by atoms with E-state index < -0.39 is 0 Å². The standard InChI is InChI=1S/C16H17FN2O/c1-12-5-4-8-16(18-12)19-9-10-20-15(11-19)13-6-2-3-7-14(13)17/h2-8,15H,9-11H2,1H3. The number of nitrogens with zero attached hydrogens (tertiary/aromatic N) is 2. The number of pyridine rings is 1. The monoisotopic (exact) mass is 272 g/mol. The molecule has 1 aromatic heterocycles. The normalized spacial score (nSPS) is 19.1. The van der Waals surface area contributed by atoms with Gasteiger partial charge in [-0.2, -0.15) is 0 Å². The van der Waals surface area contributed by atoms with E-state index in [4.69, 9.17) is 4.74 Å². The molecule has 3 rings (SSSR count). The Morgan fingerprint density at radius 1 is 1.20 bits per heavy atom. The largest absolute Gasteiger partial charge is 0.370 e. The van der Waals surface area contributed by atoms with E-state index >= 15 is 0 Å². The third-order valence-corrected chi connectivity index (χ3v) is 3.52. The van der Waals surface area contributed by atoms with Gasteiger partial charge in [-0.15, -0.1) is 0 Å². The van der Waals surface area contributed by atoms with Gasteiger partial charge in [0.2, 0.25) is 0 Å². The van der Waals surface area contributed by atoms with E-state index in [2.05, 4.69) is 9.88 Å². The van der Waals surface area contributed by atoms with Gasteiger partial charge in [0.15, 0.2) is 0 Å². The molecule has 20 heavy (non-hydrogen) atoms. The second-order valence-corrected chi connectivity index (χ2v) is 4.96. The first-order valence-corrected chi connectivity index (χ1v) is 6.78. The number of ether oxygens (including phenoxy) is 1. The number of anilines is 1. The summed E-state index contributed by atoms with van der Waals surface area (Å²) in [7, 11) is 0. The van der Waals surface area contributed by atoms with Crippen molar-refractivity contribution < 1.29 is 9.13 Å². The lowest BCUT2D eigenvalue weighted by Gasteiger charge is -2.34. The van der Waals surface area contributed by atoms with Crippen LogP contribution in [0, 0.1) is 12.7 Å². The van der Waals surface area contributed by atoms with Gasteiger partial charge in [0.05, 0.1) is 6.61 Å². The second-order valence-electron chi connectivity index (χ2n) is 4.96. The van der Waals surface area contributed by atoms with E-state index in [0.717, 1.165) is 18.1 Å². The molecule has 1 fully saturated rings. The Hall–Kier alpha value is -1.94. The number of morpholine rings is 1. The molecule has 1 aliphatic heterocycles. The van der Waals surface area contributed by atoms with E-state index in [1.54, 1.807) is 12.1 Å². The van der Waals surface area contributed by atoms with Crippen LogP contribution in [0.1, 0.15) is 17.4 Å². The van der Waals surface area contributed by atoms with Gasteiger partial charge in [0.25, 0.3) is 0 Å². The summed E-state index contributed by atoms with van der Waals surface area (Å²) in [6.45, 7) is 3.95. The van der Waals surface area contributed by atoms with Crippen LogP contribution in [-0.2, 0) is 4.74 Å². The molecule has 1 aromatic carbocycles. The fourth-order valence-electron chi connectivity index (χ4n) is 2.49. The van der Waals surface area contributed by atoms with Crippen LogP contribution in [0.4, 0.5) is 10.2 Å². The van der Waals surface area contributed by atoms with Crippen molar-refractivity contribution >= 4 is 5.82 Å². The summed E-state index contributed by atoms with van der Waals surface area (Å²) in [4.78, 5) is 6.67. The number of benzene rings is 1. The van der Waals surface area contributed by atoms with E-state index in [0.29, 0.717) is 18.7 Å². The molecule has 1 unspecified atom stereocenters. The van der Waals surface area contributed by atoms with Gasteiger partial charge < -0.3 is 9.64 Å². The summed E-state index contributed by atoms with van der Waals surface area (Å²) >= 11 is 0. The minimum Gasteiger partial charge on any atom is -0.370 e. The smallest absolute Gasteiger partial charge is 0.129 e. The Kier molecular flexibility index (Phi) is 3.65. The van der Waals surface area contributed by atoms with Gasteiger partial charge in [-0.25, -0.2) is 9.37 Å². The van der Waals surface area contributed by atoms with Crippen LogP contribution in [0.15, 0.2) is 42.5 Å². The van der Waals surface area contributed by atoms with Crippen LogP contribution >= 0.6 is 0 Å². The van der Waals surface area contributed by atoms with E-state index in [-0.39, 0.29) is 11.9 Å². The van der Waals surface area contributed by atoms with Crippen molar-refractivity contribution in [1.82, 2.24) is 4.98 Å². The van der Waals surface area contributed by atoms with Crippen LogP contribution in [0.3, 0.4) is 0 Å². The summed E-state index contributed by atoms with van der Waals surface area (Å²) in [6.07, 6.45) is -0.243. The average Bonchev–Trinajstić information content (AvgIpc) is 2.48. The van der Waals surface area contributed by atoms with Crippen molar-refractivity contribution in [2.24, 2.45) is 0 Å². The number of hydrogen-bond donors (Lipinski definition) is 0. The molecule has 0 spiro atoms. The molecule has 0 radical (unpaired) electrons. The molecule has 3 nitrogen and oxygen atoms in total. The molecule has 0 aliphatic carbocycles. The molecule has 0 bridgehead atoms. The maximum absolute atomic E-state index is 13.9. The number of rotatable bonds is 2. The molecule has 1 saturated heterocycles. The highest BCUT2D eigenvalue weighted by Gasteiger charge is 2.24. The zero-order valence-corrected chi connectivity index (χ0v) is 11.4. The van der Waals surface area contributed by atoms with Crippen molar-refractivity contribution in [3.8, 4) is 0 Å². The van der Waals surface area contributed by atoms with E-state index in [9.17, 15) is 4.39 Å². The summed E-state index contributed by atoms with van der Waals surface area (Å²) in [5, 5.41) is 0. The van der Waals surface area contributed by atoms with Crippen LogP contribution in [-0.4, -0.2) is 24.7 Å². The SMILES string of the molecule is Cc1cccc(N2CCOC(c3ccccc3F)C2)n1. The molecular formula is C16H17FN2O. The van der Waals surface area contributed by atoms with Gasteiger partial charge in [-0.05, 0) is 25.1 Å². The average molecular weight is 272 g/mol. The van der Waals surface area contributed by atoms with Crippen LogP contribution in [0.2, 0.25) is 0 Å². The maximum atomic E-state index is 13.9.